The second kappa shape index (κ2) is 6.29. The Hall–Kier alpha value is -2.21. The molecule has 1 unspecified atom stereocenters. The topological polar surface area (TPSA) is 62.5 Å². The first-order valence-corrected chi connectivity index (χ1v) is 5.98. The summed E-state index contributed by atoms with van der Waals surface area (Å²) in [5, 5.41) is 12.2. The third kappa shape index (κ3) is 3.64. The molecular formula is C14H13F2NO3. The van der Waals surface area contributed by atoms with Gasteiger partial charge < -0.3 is 14.8 Å². The Bertz CT molecular complexity index is 584. The number of carbonyl (C=O) groups is 1. The molecule has 1 heterocycles. The van der Waals surface area contributed by atoms with Crippen molar-refractivity contribution >= 4 is 5.91 Å². The minimum atomic E-state index is -0.967. The fourth-order valence-corrected chi connectivity index (χ4v) is 1.72. The van der Waals surface area contributed by atoms with E-state index in [0.717, 1.165) is 12.1 Å². The number of hydrogen-bond donors (Lipinski definition) is 2. The molecule has 20 heavy (non-hydrogen) atoms. The molecule has 0 saturated carbocycles. The molecule has 0 fully saturated rings. The molecule has 4 nitrogen and oxygen atoms in total. The Kier molecular flexibility index (Phi) is 4.47. The zero-order valence-electron chi connectivity index (χ0n) is 10.5. The molecule has 6 heteroatoms. The van der Waals surface area contributed by atoms with Gasteiger partial charge in [-0.1, -0.05) is 6.07 Å². The van der Waals surface area contributed by atoms with Gasteiger partial charge in [0.25, 0.3) is 5.91 Å². The molecule has 0 bridgehead atoms. The third-order valence-electron chi connectivity index (χ3n) is 2.75. The van der Waals surface area contributed by atoms with Gasteiger partial charge >= 0.3 is 0 Å². The zero-order chi connectivity index (χ0) is 14.5. The number of hydrogen-bond acceptors (Lipinski definition) is 3. The van der Waals surface area contributed by atoms with Gasteiger partial charge in [0.1, 0.15) is 17.9 Å². The van der Waals surface area contributed by atoms with Crippen molar-refractivity contribution in [2.24, 2.45) is 0 Å². The number of amides is 1. The molecule has 2 aromatic rings. The maximum atomic E-state index is 13.4. The van der Waals surface area contributed by atoms with Crippen LogP contribution in [-0.2, 0) is 6.42 Å². The van der Waals surface area contributed by atoms with Gasteiger partial charge in [0, 0.05) is 19.0 Å². The second-order valence-electron chi connectivity index (χ2n) is 4.32. The molecule has 1 amide bonds. The van der Waals surface area contributed by atoms with Crippen LogP contribution < -0.4 is 5.32 Å². The molecule has 1 atom stereocenters. The second-order valence-corrected chi connectivity index (χ2v) is 4.32. The summed E-state index contributed by atoms with van der Waals surface area (Å²) >= 11 is 0. The zero-order valence-corrected chi connectivity index (χ0v) is 10.5. The van der Waals surface area contributed by atoms with E-state index in [0.29, 0.717) is 5.56 Å². The first-order chi connectivity index (χ1) is 9.56. The monoisotopic (exact) mass is 281 g/mol. The minimum Gasteiger partial charge on any atom is -0.472 e. The van der Waals surface area contributed by atoms with Gasteiger partial charge in [-0.3, -0.25) is 4.79 Å². The van der Waals surface area contributed by atoms with Crippen molar-refractivity contribution in [1.82, 2.24) is 5.32 Å². The molecule has 106 valence electrons. The summed E-state index contributed by atoms with van der Waals surface area (Å²) in [6.07, 6.45) is 1.66. The van der Waals surface area contributed by atoms with Gasteiger partial charge in [0.2, 0.25) is 0 Å². The van der Waals surface area contributed by atoms with Crippen LogP contribution in [0.5, 0.6) is 0 Å². The average Bonchev–Trinajstić information content (AvgIpc) is 2.93. The van der Waals surface area contributed by atoms with Crippen LogP contribution in [0.2, 0.25) is 0 Å². The van der Waals surface area contributed by atoms with Crippen LogP contribution in [0.15, 0.2) is 41.2 Å². The quantitative estimate of drug-likeness (QED) is 0.879. The van der Waals surface area contributed by atoms with Crippen LogP contribution in [0.3, 0.4) is 0 Å². The molecule has 0 saturated heterocycles. The maximum Gasteiger partial charge on any atom is 0.254 e. The van der Waals surface area contributed by atoms with Gasteiger partial charge in [-0.15, -0.1) is 0 Å². The highest BCUT2D eigenvalue weighted by molar-refractivity contribution is 5.93. The van der Waals surface area contributed by atoms with Crippen molar-refractivity contribution in [3.63, 3.8) is 0 Å². The van der Waals surface area contributed by atoms with Crippen LogP contribution in [0.1, 0.15) is 15.9 Å². The van der Waals surface area contributed by atoms with Crippen LogP contribution in [0.4, 0.5) is 8.78 Å². The Morgan fingerprint density at radius 1 is 1.35 bits per heavy atom. The highest BCUT2D eigenvalue weighted by Crippen LogP contribution is 2.11. The minimum absolute atomic E-state index is 0.0161. The van der Waals surface area contributed by atoms with Gasteiger partial charge in [0.15, 0.2) is 0 Å². The average molecular weight is 281 g/mol. The van der Waals surface area contributed by atoms with E-state index in [-0.39, 0.29) is 18.5 Å². The van der Waals surface area contributed by atoms with E-state index in [1.165, 1.54) is 24.7 Å². The standard InChI is InChI=1S/C14H13F2NO3/c15-11-2-1-9(13(16)6-11)5-12(18)7-17-14(19)10-3-4-20-8-10/h1-4,6,8,12,18H,5,7H2,(H,17,19). The van der Waals surface area contributed by atoms with E-state index in [1.807, 2.05) is 0 Å². The van der Waals surface area contributed by atoms with Crippen molar-refractivity contribution in [2.45, 2.75) is 12.5 Å². The predicted molar refractivity (Wildman–Crippen MR) is 67.1 cm³/mol. The summed E-state index contributed by atoms with van der Waals surface area (Å²) in [6.45, 7) is -0.0408. The number of carbonyl (C=O) groups excluding carboxylic acids is 1. The van der Waals surface area contributed by atoms with Crippen molar-refractivity contribution in [3.05, 3.63) is 59.6 Å². The molecule has 2 rings (SSSR count). The predicted octanol–water partition coefficient (Wildman–Crippen LogP) is 1.89. The van der Waals surface area contributed by atoms with Gasteiger partial charge in [-0.25, -0.2) is 8.78 Å². The van der Waals surface area contributed by atoms with Crippen molar-refractivity contribution in [2.75, 3.05) is 6.54 Å². The lowest BCUT2D eigenvalue weighted by molar-refractivity contribution is 0.0915. The lowest BCUT2D eigenvalue weighted by Gasteiger charge is -2.12. The van der Waals surface area contributed by atoms with E-state index in [4.69, 9.17) is 4.42 Å². The van der Waals surface area contributed by atoms with E-state index in [9.17, 15) is 18.7 Å². The molecular weight excluding hydrogens is 268 g/mol. The number of halogens is 2. The van der Waals surface area contributed by atoms with Crippen molar-refractivity contribution < 1.29 is 23.1 Å². The van der Waals surface area contributed by atoms with Crippen LogP contribution in [0, 0.1) is 11.6 Å². The molecule has 0 spiro atoms. The first kappa shape index (κ1) is 14.2. The summed E-state index contributed by atoms with van der Waals surface area (Å²) in [5.41, 5.74) is 0.529. The largest absolute Gasteiger partial charge is 0.472 e. The molecule has 1 aromatic heterocycles. The van der Waals surface area contributed by atoms with E-state index in [2.05, 4.69) is 5.32 Å². The lowest BCUT2D eigenvalue weighted by atomic mass is 10.1. The Labute approximate surface area is 114 Å². The highest BCUT2D eigenvalue weighted by atomic mass is 19.1. The number of rotatable bonds is 5. The third-order valence-corrected chi connectivity index (χ3v) is 2.75. The fourth-order valence-electron chi connectivity index (χ4n) is 1.72. The number of benzene rings is 1. The van der Waals surface area contributed by atoms with Gasteiger partial charge in [-0.05, 0) is 17.7 Å². The maximum absolute atomic E-state index is 13.4. The number of furan rings is 1. The molecule has 0 radical (unpaired) electrons. The summed E-state index contributed by atoms with van der Waals surface area (Å²) in [4.78, 5) is 11.6. The highest BCUT2D eigenvalue weighted by Gasteiger charge is 2.13. The Morgan fingerprint density at radius 3 is 2.80 bits per heavy atom. The lowest BCUT2D eigenvalue weighted by Crippen LogP contribution is -2.33. The number of aliphatic hydroxyl groups is 1. The van der Waals surface area contributed by atoms with Crippen molar-refractivity contribution in [3.8, 4) is 0 Å². The Balaban J connectivity index is 1.86. The van der Waals surface area contributed by atoms with Crippen LogP contribution in [0.25, 0.3) is 0 Å². The summed E-state index contributed by atoms with van der Waals surface area (Å²) in [7, 11) is 0. The smallest absolute Gasteiger partial charge is 0.254 e. The summed E-state index contributed by atoms with van der Waals surface area (Å²) in [6, 6.07) is 4.63. The fraction of sp³-hybridized carbons (Fsp3) is 0.214. The van der Waals surface area contributed by atoms with Gasteiger partial charge in [-0.2, -0.15) is 0 Å². The SMILES string of the molecule is O=C(NCC(O)Cc1ccc(F)cc1F)c1ccoc1. The molecule has 0 aliphatic heterocycles. The van der Waals surface area contributed by atoms with E-state index >= 15 is 0 Å². The molecule has 0 aliphatic rings. The summed E-state index contributed by atoms with van der Waals surface area (Å²) < 4.78 is 30.9. The van der Waals surface area contributed by atoms with Gasteiger partial charge in [0.05, 0.1) is 17.9 Å². The number of nitrogens with one attached hydrogen (secondary N) is 1. The molecule has 1 aromatic carbocycles. The van der Waals surface area contributed by atoms with E-state index in [1.54, 1.807) is 0 Å². The Morgan fingerprint density at radius 2 is 2.15 bits per heavy atom. The molecule has 0 aliphatic carbocycles. The number of aliphatic hydroxyl groups excluding tert-OH is 1. The summed E-state index contributed by atoms with van der Waals surface area (Å²) in [5.74, 6) is -1.78. The molecule has 2 N–H and O–H groups in total. The van der Waals surface area contributed by atoms with Crippen LogP contribution >= 0.6 is 0 Å². The van der Waals surface area contributed by atoms with E-state index < -0.39 is 23.6 Å². The van der Waals surface area contributed by atoms with Crippen LogP contribution in [-0.4, -0.2) is 23.7 Å². The normalized spacial score (nSPS) is 12.2. The van der Waals surface area contributed by atoms with Crippen molar-refractivity contribution in [1.29, 1.82) is 0 Å². The first-order valence-electron chi connectivity index (χ1n) is 5.98.